The molecule has 3 aromatic heterocycles. The van der Waals surface area contributed by atoms with Gasteiger partial charge < -0.3 is 19.7 Å². The molecular weight excluding hydrogens is 755 g/mol. The van der Waals surface area contributed by atoms with Crippen LogP contribution in [0, 0.1) is 25.9 Å². The molecule has 0 unspecified atom stereocenters. The third-order valence-corrected chi connectivity index (χ3v) is 8.36. The molecule has 4 heterocycles. The Labute approximate surface area is 291 Å². The zero-order valence-corrected chi connectivity index (χ0v) is 27.7. The predicted molar refractivity (Wildman–Crippen MR) is 188 cm³/mol. The Kier molecular flexibility index (Phi) is 7.31. The Morgan fingerprint density at radius 3 is 2.32 bits per heavy atom. The molecule has 9 rings (SSSR count). The van der Waals surface area contributed by atoms with Crippen LogP contribution in [0.15, 0.2) is 138 Å². The minimum absolute atomic E-state index is 0. The van der Waals surface area contributed by atoms with Gasteiger partial charge in [0.05, 0.1) is 5.69 Å². The van der Waals surface area contributed by atoms with E-state index in [1.165, 1.54) is 11.8 Å². The second-order valence-corrected chi connectivity index (χ2v) is 11.2. The monoisotopic (exact) mass is 787 g/mol. The van der Waals surface area contributed by atoms with Crippen molar-refractivity contribution in [3.63, 3.8) is 0 Å². The molecule has 0 atom stereocenters. The maximum absolute atomic E-state index is 7.62. The van der Waals surface area contributed by atoms with Gasteiger partial charge >= 0.3 is 0 Å². The van der Waals surface area contributed by atoms with Gasteiger partial charge in [-0.05, 0) is 71.3 Å². The molecule has 1 radical (unpaired) electrons. The van der Waals surface area contributed by atoms with Gasteiger partial charge in [-0.25, -0.2) is 0 Å². The van der Waals surface area contributed by atoms with E-state index in [9.17, 15) is 0 Å². The summed E-state index contributed by atoms with van der Waals surface area (Å²) in [6, 6.07) is 46.3. The minimum atomic E-state index is -2.18. The largest absolute Gasteiger partial charge is 0.454 e. The van der Waals surface area contributed by atoms with Gasteiger partial charge in [0.15, 0.2) is 5.58 Å². The molecule has 5 aromatic carbocycles. The quantitative estimate of drug-likeness (QED) is 0.177. The summed E-state index contributed by atoms with van der Waals surface area (Å²) in [4.78, 5) is 8.65. The molecule has 2 bridgehead atoms. The van der Waals surface area contributed by atoms with E-state index in [2.05, 4.69) is 76.8 Å². The number of para-hydroxylation sites is 1. The van der Waals surface area contributed by atoms with Crippen LogP contribution in [0.25, 0.3) is 66.7 Å². The van der Waals surface area contributed by atoms with Crippen molar-refractivity contribution in [2.75, 3.05) is 5.32 Å². The Morgan fingerprint density at radius 2 is 1.53 bits per heavy atom. The number of hydrogen-bond donors (Lipinski definition) is 1. The molecular formula is C42H29IrN3O-2. The van der Waals surface area contributed by atoms with Crippen LogP contribution in [0.5, 0.6) is 0 Å². The van der Waals surface area contributed by atoms with Crippen molar-refractivity contribution in [3.8, 4) is 44.8 Å². The molecule has 1 N–H and O–H groups in total. The predicted octanol–water partition coefficient (Wildman–Crippen LogP) is 11.0. The minimum Gasteiger partial charge on any atom is -0.454 e. The Balaban J connectivity index is 0.000000255. The van der Waals surface area contributed by atoms with Crippen LogP contribution in [-0.2, 0) is 20.1 Å². The molecule has 47 heavy (non-hydrogen) atoms. The summed E-state index contributed by atoms with van der Waals surface area (Å²) in [5.41, 5.74) is 12.8. The van der Waals surface area contributed by atoms with Gasteiger partial charge in [-0.1, -0.05) is 72.3 Å². The molecule has 0 aliphatic carbocycles. The van der Waals surface area contributed by atoms with E-state index in [1.54, 1.807) is 18.3 Å². The first-order valence-corrected chi connectivity index (χ1v) is 15.1. The number of fused-ring (bicyclic) bond motifs is 10. The fourth-order valence-corrected chi connectivity index (χ4v) is 6.08. The van der Waals surface area contributed by atoms with Gasteiger partial charge in [-0.15, -0.1) is 59.7 Å². The summed E-state index contributed by atoms with van der Waals surface area (Å²) in [5.74, 6) is 0. The van der Waals surface area contributed by atoms with E-state index in [0.29, 0.717) is 5.69 Å². The zero-order valence-electron chi connectivity index (χ0n) is 28.3. The Bertz CT molecular complexity index is 2420. The number of anilines is 2. The summed E-state index contributed by atoms with van der Waals surface area (Å²) < 4.78 is 29.2. The molecule has 0 amide bonds. The molecule has 1 aliphatic rings. The number of aryl methyl sites for hydroxylation is 1. The number of rotatable bonds is 2. The van der Waals surface area contributed by atoms with Gasteiger partial charge in [-0.2, -0.15) is 0 Å². The molecule has 8 aromatic rings. The SMILES string of the molecule is [2H]C([2H])([2H])c1ccc(-c2[c-]cc3c(c2)-c2cccc(c2C)-c2ccc4c(oc5ccccc54)c2N3)nc1.[Ir].[c-]1ccccc1-c1ccccn1. The first-order chi connectivity index (χ1) is 23.8. The van der Waals surface area contributed by atoms with E-state index in [1.807, 2.05) is 66.7 Å². The van der Waals surface area contributed by atoms with Crippen molar-refractivity contribution in [1.82, 2.24) is 9.97 Å². The van der Waals surface area contributed by atoms with Gasteiger partial charge in [0.1, 0.15) is 5.58 Å². The smallest absolute Gasteiger partial charge is 0.158 e. The van der Waals surface area contributed by atoms with Gasteiger partial charge in [0.2, 0.25) is 0 Å². The third kappa shape index (κ3) is 5.65. The van der Waals surface area contributed by atoms with Crippen molar-refractivity contribution in [1.29, 1.82) is 0 Å². The Morgan fingerprint density at radius 1 is 0.702 bits per heavy atom. The maximum Gasteiger partial charge on any atom is 0.158 e. The van der Waals surface area contributed by atoms with Crippen molar-refractivity contribution in [2.24, 2.45) is 0 Å². The average Bonchev–Trinajstić information content (AvgIpc) is 3.52. The van der Waals surface area contributed by atoms with Crippen molar-refractivity contribution in [2.45, 2.75) is 13.8 Å². The van der Waals surface area contributed by atoms with Gasteiger partial charge in [-0.3, -0.25) is 0 Å². The van der Waals surface area contributed by atoms with Crippen molar-refractivity contribution >= 4 is 33.3 Å². The Hall–Kier alpha value is -5.35. The fraction of sp³-hybridized carbons (Fsp3) is 0.0476. The van der Waals surface area contributed by atoms with E-state index in [4.69, 9.17) is 8.53 Å². The molecule has 0 fully saturated rings. The topological polar surface area (TPSA) is 51.0 Å². The fourth-order valence-electron chi connectivity index (χ4n) is 6.08. The number of hydrogen-bond acceptors (Lipinski definition) is 4. The molecule has 0 spiro atoms. The molecule has 0 saturated heterocycles. The second-order valence-electron chi connectivity index (χ2n) is 11.2. The second kappa shape index (κ2) is 12.8. The summed E-state index contributed by atoms with van der Waals surface area (Å²) in [6.07, 6.45) is 3.21. The number of furan rings is 1. The van der Waals surface area contributed by atoms with E-state index < -0.39 is 6.85 Å². The van der Waals surface area contributed by atoms with E-state index in [0.717, 1.165) is 72.4 Å². The van der Waals surface area contributed by atoms with Crippen LogP contribution in [-0.4, -0.2) is 9.97 Å². The maximum atomic E-state index is 7.62. The summed E-state index contributed by atoms with van der Waals surface area (Å²) in [7, 11) is 0. The number of nitrogens with zero attached hydrogens (tertiary/aromatic N) is 2. The van der Waals surface area contributed by atoms with Crippen LogP contribution in [0.1, 0.15) is 15.2 Å². The zero-order chi connectivity index (χ0) is 33.5. The summed E-state index contributed by atoms with van der Waals surface area (Å²) >= 11 is 0. The molecule has 5 heteroatoms. The van der Waals surface area contributed by atoms with Crippen molar-refractivity contribution < 1.29 is 28.6 Å². The van der Waals surface area contributed by atoms with Crippen LogP contribution in [0.3, 0.4) is 0 Å². The normalized spacial score (nSPS) is 12.4. The first-order valence-electron chi connectivity index (χ1n) is 16.6. The van der Waals surface area contributed by atoms with Gasteiger partial charge in [0.25, 0.3) is 0 Å². The number of aromatic nitrogens is 2. The molecule has 229 valence electrons. The standard InChI is InChI=1S/C31H21N2O.C11H8N.Ir/c1-18-10-14-27(32-17-18)20-11-15-28-26(16-20)22-8-5-7-21(19(22)2)24-12-13-25-23-6-3-4-9-29(23)34-31(25)30(24)33-28;1-2-6-10(7-3-1)11-8-4-5-9-12-11;/h3-10,12-17,33H,1-2H3;1-6,8-9H;/q2*-1;/i1D3;;. The molecule has 4 nitrogen and oxygen atoms in total. The molecule has 1 aliphatic heterocycles. The summed E-state index contributed by atoms with van der Waals surface area (Å²) in [5, 5.41) is 5.83. The van der Waals surface area contributed by atoms with E-state index in [-0.39, 0.29) is 25.7 Å². The van der Waals surface area contributed by atoms with Crippen LogP contribution < -0.4 is 5.32 Å². The van der Waals surface area contributed by atoms with Crippen LogP contribution in [0.4, 0.5) is 11.4 Å². The molecule has 0 saturated carbocycles. The van der Waals surface area contributed by atoms with Gasteiger partial charge in [0, 0.05) is 52.9 Å². The van der Waals surface area contributed by atoms with Crippen molar-refractivity contribution in [3.05, 3.63) is 157 Å². The average molecular weight is 787 g/mol. The van der Waals surface area contributed by atoms with E-state index >= 15 is 0 Å². The summed E-state index contributed by atoms with van der Waals surface area (Å²) in [6.45, 7) is -0.0374. The van der Waals surface area contributed by atoms with Crippen LogP contribution in [0.2, 0.25) is 0 Å². The first kappa shape index (κ1) is 26.8. The number of nitrogens with one attached hydrogen (secondary N) is 1. The number of benzene rings is 5. The van der Waals surface area contributed by atoms with Crippen LogP contribution >= 0.6 is 0 Å². The third-order valence-electron chi connectivity index (χ3n) is 8.36. The number of pyridine rings is 2.